The highest BCUT2D eigenvalue weighted by Gasteiger charge is 2.42. The lowest BCUT2D eigenvalue weighted by Gasteiger charge is -2.29. The number of hydrogen-bond donors (Lipinski definition) is 2. The van der Waals surface area contributed by atoms with Crippen LogP contribution in [0.1, 0.15) is 34.1 Å². The number of hydrogen-bond acceptors (Lipinski definition) is 7. The van der Waals surface area contributed by atoms with Gasteiger partial charge in [-0.05, 0) is 27.2 Å². The molecule has 21 heavy (non-hydrogen) atoms. The van der Waals surface area contributed by atoms with E-state index in [4.69, 9.17) is 14.6 Å². The number of aliphatic hydroxyl groups is 2. The van der Waals surface area contributed by atoms with Gasteiger partial charge in [0.15, 0.2) is 0 Å². The van der Waals surface area contributed by atoms with Crippen LogP contribution in [-0.4, -0.2) is 64.7 Å². The van der Waals surface area contributed by atoms with E-state index in [1.165, 1.54) is 11.8 Å². The van der Waals surface area contributed by atoms with Crippen LogP contribution in [0.2, 0.25) is 0 Å². The van der Waals surface area contributed by atoms with E-state index in [0.29, 0.717) is 13.0 Å². The van der Waals surface area contributed by atoms with Crippen LogP contribution in [0.5, 0.6) is 0 Å². The van der Waals surface area contributed by atoms with Gasteiger partial charge in [-0.2, -0.15) is 0 Å². The summed E-state index contributed by atoms with van der Waals surface area (Å²) in [6.45, 7) is 6.69. The molecule has 0 aromatic heterocycles. The SMILES string of the molecule is CC(=O)OCC1CC(C(=O)OC(C)(C)C)N(C(O)CO)C1. The number of ether oxygens (including phenoxy) is 2. The molecule has 0 aliphatic carbocycles. The van der Waals surface area contributed by atoms with Crippen LogP contribution >= 0.6 is 0 Å². The van der Waals surface area contributed by atoms with Gasteiger partial charge in [0.2, 0.25) is 0 Å². The highest BCUT2D eigenvalue weighted by atomic mass is 16.6. The predicted molar refractivity (Wildman–Crippen MR) is 74.2 cm³/mol. The lowest BCUT2D eigenvalue weighted by molar-refractivity contribution is -0.165. The monoisotopic (exact) mass is 303 g/mol. The van der Waals surface area contributed by atoms with E-state index < -0.39 is 30.4 Å². The molecule has 7 heteroatoms. The van der Waals surface area contributed by atoms with Crippen LogP contribution in [0, 0.1) is 5.92 Å². The largest absolute Gasteiger partial charge is 0.466 e. The van der Waals surface area contributed by atoms with Crippen molar-refractivity contribution in [1.29, 1.82) is 0 Å². The van der Waals surface area contributed by atoms with Gasteiger partial charge in [0.05, 0.1) is 13.2 Å². The molecule has 3 unspecified atom stereocenters. The van der Waals surface area contributed by atoms with Gasteiger partial charge >= 0.3 is 11.9 Å². The minimum atomic E-state index is -1.13. The summed E-state index contributed by atoms with van der Waals surface area (Å²) in [5, 5.41) is 18.9. The molecule has 0 spiro atoms. The zero-order valence-corrected chi connectivity index (χ0v) is 13.0. The van der Waals surface area contributed by atoms with E-state index in [9.17, 15) is 14.7 Å². The van der Waals surface area contributed by atoms with Crippen LogP contribution in [0.25, 0.3) is 0 Å². The zero-order chi connectivity index (χ0) is 16.2. The molecule has 3 atom stereocenters. The molecule has 1 aliphatic rings. The predicted octanol–water partition coefficient (Wildman–Crippen LogP) is -0.108. The lowest BCUT2D eigenvalue weighted by Crippen LogP contribution is -2.47. The summed E-state index contributed by atoms with van der Waals surface area (Å²) in [6, 6.07) is -0.646. The molecule has 1 heterocycles. The quantitative estimate of drug-likeness (QED) is 0.684. The highest BCUT2D eigenvalue weighted by Crippen LogP contribution is 2.27. The van der Waals surface area contributed by atoms with Crippen LogP contribution in [-0.2, 0) is 19.1 Å². The van der Waals surface area contributed by atoms with Gasteiger partial charge in [-0.1, -0.05) is 0 Å². The number of carbonyl (C=O) groups is 2. The Balaban J connectivity index is 2.73. The molecule has 1 aliphatic heterocycles. The van der Waals surface area contributed by atoms with Gasteiger partial charge in [0.1, 0.15) is 17.9 Å². The standard InChI is InChI=1S/C14H25NO6/c1-9(17)20-8-10-5-11(13(19)21-14(2,3)4)15(6-10)12(18)7-16/h10-12,16,18H,5-8H2,1-4H3. The smallest absolute Gasteiger partial charge is 0.323 e. The third kappa shape index (κ3) is 5.61. The van der Waals surface area contributed by atoms with Crippen molar-refractivity contribution in [2.75, 3.05) is 19.8 Å². The van der Waals surface area contributed by atoms with Gasteiger partial charge < -0.3 is 19.7 Å². The summed E-state index contributed by atoms with van der Waals surface area (Å²) >= 11 is 0. The number of rotatable bonds is 5. The third-order valence-corrected chi connectivity index (χ3v) is 3.17. The highest BCUT2D eigenvalue weighted by molar-refractivity contribution is 5.76. The van der Waals surface area contributed by atoms with Crippen molar-refractivity contribution >= 4 is 11.9 Å². The van der Waals surface area contributed by atoms with Crippen molar-refractivity contribution in [3.63, 3.8) is 0 Å². The third-order valence-electron chi connectivity index (χ3n) is 3.17. The molecule has 0 bridgehead atoms. The molecular weight excluding hydrogens is 278 g/mol. The van der Waals surface area contributed by atoms with E-state index in [0.717, 1.165) is 0 Å². The van der Waals surface area contributed by atoms with Gasteiger partial charge in [0, 0.05) is 19.4 Å². The van der Waals surface area contributed by atoms with E-state index in [1.54, 1.807) is 20.8 Å². The van der Waals surface area contributed by atoms with Gasteiger partial charge in [-0.3, -0.25) is 14.5 Å². The maximum atomic E-state index is 12.2. The zero-order valence-electron chi connectivity index (χ0n) is 13.0. The second-order valence-corrected chi connectivity index (χ2v) is 6.31. The van der Waals surface area contributed by atoms with E-state index in [1.807, 2.05) is 0 Å². The van der Waals surface area contributed by atoms with Crippen molar-refractivity contribution in [2.45, 2.75) is 52.0 Å². The molecule has 0 aromatic carbocycles. The summed E-state index contributed by atoms with van der Waals surface area (Å²) in [4.78, 5) is 24.6. The average molecular weight is 303 g/mol. The van der Waals surface area contributed by atoms with Crippen LogP contribution in [0.15, 0.2) is 0 Å². The summed E-state index contributed by atoms with van der Waals surface area (Å²) in [5.41, 5.74) is -0.624. The van der Waals surface area contributed by atoms with Gasteiger partial charge in [-0.25, -0.2) is 0 Å². The minimum absolute atomic E-state index is 0.0763. The van der Waals surface area contributed by atoms with E-state index in [-0.39, 0.29) is 18.5 Å². The molecule has 2 N–H and O–H groups in total. The first kappa shape index (κ1) is 17.9. The first-order valence-electron chi connectivity index (χ1n) is 7.05. The summed E-state index contributed by atoms with van der Waals surface area (Å²) < 4.78 is 10.3. The second-order valence-electron chi connectivity index (χ2n) is 6.31. The molecule has 1 saturated heterocycles. The molecule has 122 valence electrons. The minimum Gasteiger partial charge on any atom is -0.466 e. The normalized spacial score (nSPS) is 24.7. The van der Waals surface area contributed by atoms with Crippen LogP contribution < -0.4 is 0 Å². The van der Waals surface area contributed by atoms with Crippen molar-refractivity contribution < 1.29 is 29.3 Å². The first-order valence-corrected chi connectivity index (χ1v) is 7.05. The fourth-order valence-electron chi connectivity index (χ4n) is 2.34. The number of esters is 2. The molecule has 1 fully saturated rings. The van der Waals surface area contributed by atoms with Crippen molar-refractivity contribution in [2.24, 2.45) is 5.92 Å². The molecule has 0 radical (unpaired) electrons. The van der Waals surface area contributed by atoms with Crippen LogP contribution in [0.4, 0.5) is 0 Å². The fourth-order valence-corrected chi connectivity index (χ4v) is 2.34. The number of likely N-dealkylation sites (tertiary alicyclic amines) is 1. The lowest BCUT2D eigenvalue weighted by atomic mass is 10.1. The Morgan fingerprint density at radius 2 is 2.00 bits per heavy atom. The maximum absolute atomic E-state index is 12.2. The number of carbonyl (C=O) groups excluding carboxylic acids is 2. The first-order chi connectivity index (χ1) is 9.64. The fraction of sp³-hybridized carbons (Fsp3) is 0.857. The summed E-state index contributed by atoms with van der Waals surface area (Å²) in [6.07, 6.45) is -0.718. The number of aliphatic hydroxyl groups excluding tert-OH is 2. The Morgan fingerprint density at radius 1 is 1.38 bits per heavy atom. The Hall–Kier alpha value is -1.18. The molecule has 1 rings (SSSR count). The molecule has 0 amide bonds. The molecule has 7 nitrogen and oxygen atoms in total. The Morgan fingerprint density at radius 3 is 2.48 bits per heavy atom. The van der Waals surface area contributed by atoms with Crippen molar-refractivity contribution in [1.82, 2.24) is 4.90 Å². The van der Waals surface area contributed by atoms with Crippen molar-refractivity contribution in [3.05, 3.63) is 0 Å². The van der Waals surface area contributed by atoms with Gasteiger partial charge in [-0.15, -0.1) is 0 Å². The van der Waals surface area contributed by atoms with Gasteiger partial charge in [0.25, 0.3) is 0 Å². The molecule has 0 saturated carbocycles. The summed E-state index contributed by atoms with van der Waals surface area (Å²) in [7, 11) is 0. The second kappa shape index (κ2) is 7.20. The molecule has 0 aromatic rings. The topological polar surface area (TPSA) is 96.3 Å². The maximum Gasteiger partial charge on any atom is 0.323 e. The Labute approximate surface area is 124 Å². The Kier molecular flexibility index (Phi) is 6.12. The summed E-state index contributed by atoms with van der Waals surface area (Å²) in [5.74, 6) is -0.905. The molecular formula is C14H25NO6. The van der Waals surface area contributed by atoms with E-state index in [2.05, 4.69) is 0 Å². The van der Waals surface area contributed by atoms with Crippen molar-refractivity contribution in [3.8, 4) is 0 Å². The van der Waals surface area contributed by atoms with E-state index >= 15 is 0 Å². The average Bonchev–Trinajstić information content (AvgIpc) is 2.77. The van der Waals surface area contributed by atoms with Crippen LogP contribution in [0.3, 0.4) is 0 Å². The Bertz CT molecular complexity index is 378. The number of nitrogens with zero attached hydrogens (tertiary/aromatic N) is 1.